The van der Waals surface area contributed by atoms with E-state index in [1.165, 1.54) is 22.2 Å². The van der Waals surface area contributed by atoms with Gasteiger partial charge in [0.2, 0.25) is 0 Å². The lowest BCUT2D eigenvalue weighted by atomic mass is 10.0. The minimum atomic E-state index is 0.0571. The van der Waals surface area contributed by atoms with Crippen LogP contribution >= 0.6 is 11.3 Å². The lowest BCUT2D eigenvalue weighted by Crippen LogP contribution is -2.41. The average molecular weight is 487 g/mol. The molecule has 1 aromatic carbocycles. The maximum Gasteiger partial charge on any atom is 0.270 e. The highest BCUT2D eigenvalue weighted by Gasteiger charge is 2.29. The number of hydrogen-bond donors (Lipinski definition) is 3. The van der Waals surface area contributed by atoms with Crippen LogP contribution in [0.4, 0.5) is 5.69 Å². The maximum absolute atomic E-state index is 13.0. The van der Waals surface area contributed by atoms with E-state index in [4.69, 9.17) is 10.1 Å². The largest absolute Gasteiger partial charge is 0.388 e. The van der Waals surface area contributed by atoms with Crippen molar-refractivity contribution in [2.24, 2.45) is 7.05 Å². The zero-order chi connectivity index (χ0) is 24.1. The molecule has 3 N–H and O–H groups in total. The van der Waals surface area contributed by atoms with Gasteiger partial charge in [0.15, 0.2) is 0 Å². The van der Waals surface area contributed by atoms with Gasteiger partial charge in [-0.05, 0) is 18.2 Å². The Hall–Kier alpha value is -3.69. The predicted molar refractivity (Wildman–Crippen MR) is 139 cm³/mol. The van der Waals surface area contributed by atoms with Crippen LogP contribution in [-0.2, 0) is 18.2 Å². The van der Waals surface area contributed by atoms with Gasteiger partial charge in [-0.3, -0.25) is 9.89 Å². The highest BCUT2D eigenvalue weighted by molar-refractivity contribution is 7.16. The molecule has 6 rings (SSSR count). The lowest BCUT2D eigenvalue weighted by Gasteiger charge is -2.26. The molecule has 4 heterocycles. The Kier molecular flexibility index (Phi) is 5.31. The number of carbonyl (C=O) groups is 1. The van der Waals surface area contributed by atoms with E-state index >= 15 is 0 Å². The minimum absolute atomic E-state index is 0.0571. The number of H-pyrrole nitrogens is 1. The molecule has 2 aliphatic rings. The molecule has 1 aliphatic carbocycles. The quantitative estimate of drug-likeness (QED) is 0.324. The molecule has 178 valence electrons. The highest BCUT2D eigenvalue weighted by atomic mass is 32.1. The number of benzene rings is 1. The second kappa shape index (κ2) is 8.51. The number of hydrogen-bond acceptors (Lipinski definition) is 6. The Morgan fingerprint density at radius 1 is 1.23 bits per heavy atom. The van der Waals surface area contributed by atoms with Crippen LogP contribution < -0.4 is 5.32 Å². The molecule has 1 aliphatic heterocycles. The monoisotopic (exact) mass is 486 g/mol. The summed E-state index contributed by atoms with van der Waals surface area (Å²) < 4.78 is 7.31. The summed E-state index contributed by atoms with van der Waals surface area (Å²) in [5, 5.41) is 18.7. The summed E-state index contributed by atoms with van der Waals surface area (Å²) >= 11 is 1.78. The molecule has 1 saturated heterocycles. The molecule has 35 heavy (non-hydrogen) atoms. The number of aromatic amines is 1. The summed E-state index contributed by atoms with van der Waals surface area (Å²) in [5.74, 6) is 0.0571. The number of rotatable bonds is 5. The van der Waals surface area contributed by atoms with E-state index < -0.39 is 0 Å². The van der Waals surface area contributed by atoms with Gasteiger partial charge < -0.3 is 24.9 Å². The molecule has 0 radical (unpaired) electrons. The predicted octanol–water partition coefficient (Wildman–Crippen LogP) is 4.23. The van der Waals surface area contributed by atoms with Crippen molar-refractivity contribution in [3.8, 4) is 33.0 Å². The number of ether oxygens (including phenoxy) is 1. The number of aryl methyl sites for hydroxylation is 1. The number of thiophene rings is 1. The molecule has 4 aromatic rings. The number of morpholine rings is 1. The first-order chi connectivity index (χ1) is 17.1. The standard InChI is InChI=1S/C26H26N6O2S/c1-28-20-9-15(3-4-16(20)13-27)24-19-12-23-18(25(19)30-29-24)11-22(35-23)17-10-21(31(2)14-17)26(33)32-5-7-34-8-6-32/h3-4,9-11,13-14,27-28H,5-8,12H2,1-2H3,(H,29,30). The van der Waals surface area contributed by atoms with Gasteiger partial charge >= 0.3 is 0 Å². The molecule has 1 amide bonds. The van der Waals surface area contributed by atoms with Gasteiger partial charge in [0.05, 0.1) is 24.6 Å². The van der Waals surface area contributed by atoms with E-state index in [0.29, 0.717) is 32.0 Å². The summed E-state index contributed by atoms with van der Waals surface area (Å²) in [6, 6.07) is 10.2. The van der Waals surface area contributed by atoms with Crippen molar-refractivity contribution in [3.63, 3.8) is 0 Å². The van der Waals surface area contributed by atoms with Gasteiger partial charge in [-0.25, -0.2) is 0 Å². The fourth-order valence-corrected chi connectivity index (χ4v) is 6.12. The van der Waals surface area contributed by atoms with Gasteiger partial charge in [-0.15, -0.1) is 11.3 Å². The first kappa shape index (κ1) is 21.8. The Morgan fingerprint density at radius 3 is 2.83 bits per heavy atom. The zero-order valence-electron chi connectivity index (χ0n) is 19.6. The Morgan fingerprint density at radius 2 is 2.06 bits per heavy atom. The summed E-state index contributed by atoms with van der Waals surface area (Å²) in [4.78, 5) is 17.3. The SMILES string of the molecule is CNc1cc(-c2n[nH]c3c2Cc2sc(-c4cc(C(=O)N5CCOCC5)n(C)c4)cc2-3)ccc1C=N. The van der Waals surface area contributed by atoms with Crippen molar-refractivity contribution < 1.29 is 9.53 Å². The van der Waals surface area contributed by atoms with Crippen LogP contribution in [0.15, 0.2) is 36.5 Å². The van der Waals surface area contributed by atoms with Crippen LogP contribution in [0.5, 0.6) is 0 Å². The number of carbonyl (C=O) groups excluding carboxylic acids is 1. The van der Waals surface area contributed by atoms with Crippen molar-refractivity contribution in [1.82, 2.24) is 19.7 Å². The van der Waals surface area contributed by atoms with Crippen LogP contribution in [0.3, 0.4) is 0 Å². The fourth-order valence-electron chi connectivity index (χ4n) is 4.96. The van der Waals surface area contributed by atoms with Crippen molar-refractivity contribution in [1.29, 1.82) is 5.41 Å². The molecule has 0 unspecified atom stereocenters. The van der Waals surface area contributed by atoms with Gasteiger partial charge in [-0.1, -0.05) is 12.1 Å². The molecule has 9 heteroatoms. The van der Waals surface area contributed by atoms with Crippen LogP contribution in [-0.4, -0.2) is 65.1 Å². The molecule has 0 atom stereocenters. The number of fused-ring (bicyclic) bond motifs is 3. The molecule has 0 bridgehead atoms. The number of nitrogens with one attached hydrogen (secondary N) is 3. The highest BCUT2D eigenvalue weighted by Crippen LogP contribution is 2.47. The van der Waals surface area contributed by atoms with Crippen molar-refractivity contribution in [2.75, 3.05) is 38.7 Å². The van der Waals surface area contributed by atoms with Crippen molar-refractivity contribution in [2.45, 2.75) is 6.42 Å². The summed E-state index contributed by atoms with van der Waals surface area (Å²) in [5.41, 5.74) is 8.97. The summed E-state index contributed by atoms with van der Waals surface area (Å²) in [6.45, 7) is 2.46. The summed E-state index contributed by atoms with van der Waals surface area (Å²) in [7, 11) is 3.80. The Labute approximate surface area is 207 Å². The van der Waals surface area contributed by atoms with Crippen LogP contribution in [0, 0.1) is 5.41 Å². The summed E-state index contributed by atoms with van der Waals surface area (Å²) in [6.07, 6.45) is 4.22. The normalized spacial score (nSPS) is 14.6. The molecule has 0 saturated carbocycles. The van der Waals surface area contributed by atoms with Crippen LogP contribution in [0.1, 0.15) is 26.5 Å². The smallest absolute Gasteiger partial charge is 0.270 e. The van der Waals surface area contributed by atoms with E-state index in [9.17, 15) is 4.79 Å². The lowest BCUT2D eigenvalue weighted by molar-refractivity contribution is 0.0296. The van der Waals surface area contributed by atoms with E-state index in [-0.39, 0.29) is 5.91 Å². The Balaban J connectivity index is 1.30. The van der Waals surface area contributed by atoms with Gasteiger partial charge in [0.25, 0.3) is 5.91 Å². The molecular weight excluding hydrogens is 460 g/mol. The molecule has 1 fully saturated rings. The third-order valence-electron chi connectivity index (χ3n) is 6.84. The van der Waals surface area contributed by atoms with Gasteiger partial charge in [0.1, 0.15) is 5.69 Å². The third kappa shape index (κ3) is 3.59. The Bertz CT molecular complexity index is 1460. The van der Waals surface area contributed by atoms with Gasteiger partial charge in [0, 0.05) is 89.3 Å². The topological polar surface area (TPSA) is 99.0 Å². The minimum Gasteiger partial charge on any atom is -0.388 e. The molecule has 3 aromatic heterocycles. The van der Waals surface area contributed by atoms with E-state index in [1.807, 2.05) is 54.0 Å². The van der Waals surface area contributed by atoms with Gasteiger partial charge in [-0.2, -0.15) is 5.10 Å². The van der Waals surface area contributed by atoms with E-state index in [2.05, 4.69) is 21.6 Å². The number of anilines is 1. The van der Waals surface area contributed by atoms with Crippen LogP contribution in [0.2, 0.25) is 0 Å². The first-order valence-corrected chi connectivity index (χ1v) is 12.5. The number of amides is 1. The van der Waals surface area contributed by atoms with Crippen LogP contribution in [0.25, 0.3) is 33.0 Å². The van der Waals surface area contributed by atoms with Crippen molar-refractivity contribution in [3.05, 3.63) is 58.2 Å². The third-order valence-corrected chi connectivity index (χ3v) is 8.03. The van der Waals surface area contributed by atoms with E-state index in [1.54, 1.807) is 11.3 Å². The van der Waals surface area contributed by atoms with E-state index in [0.717, 1.165) is 45.1 Å². The first-order valence-electron chi connectivity index (χ1n) is 11.6. The molecular formula is C26H26N6O2S. The second-order valence-corrected chi connectivity index (χ2v) is 10.0. The van der Waals surface area contributed by atoms with Crippen molar-refractivity contribution >= 4 is 29.1 Å². The molecule has 0 spiro atoms. The number of nitrogens with zero attached hydrogens (tertiary/aromatic N) is 3. The second-order valence-electron chi connectivity index (χ2n) is 8.88. The maximum atomic E-state index is 13.0. The average Bonchev–Trinajstić information content (AvgIpc) is 3.64. The fraction of sp³-hybridized carbons (Fsp3) is 0.269. The zero-order valence-corrected chi connectivity index (χ0v) is 20.5. The molecule has 8 nitrogen and oxygen atoms in total. The number of aromatic nitrogens is 3.